The molecule has 0 aliphatic carbocycles. The molecule has 3 N–H and O–H groups in total. The predicted molar refractivity (Wildman–Crippen MR) is 59.9 cm³/mol. The van der Waals surface area contributed by atoms with Gasteiger partial charge in [0.25, 0.3) is 0 Å². The van der Waals surface area contributed by atoms with Crippen LogP contribution in [0.25, 0.3) is 0 Å². The highest BCUT2D eigenvalue weighted by atomic mass is 19.1. The van der Waals surface area contributed by atoms with Gasteiger partial charge in [0.1, 0.15) is 0 Å². The van der Waals surface area contributed by atoms with E-state index in [-0.39, 0.29) is 24.6 Å². The number of hydrogen-bond donors (Lipinski definition) is 2. The van der Waals surface area contributed by atoms with Gasteiger partial charge in [-0.05, 0) is 19.1 Å². The standard InChI is InChI=1S/C11H15FN2O2/c1-2-16-10-4-3-8(7-9(10)12)14-11(15)5-6-13/h3-4,7H,2,5-6,13H2,1H3,(H,14,15). The first-order valence-corrected chi connectivity index (χ1v) is 5.09. The Morgan fingerprint density at radius 1 is 1.56 bits per heavy atom. The third-order valence-electron chi connectivity index (χ3n) is 1.89. The maximum atomic E-state index is 13.4. The summed E-state index contributed by atoms with van der Waals surface area (Å²) in [6.45, 7) is 2.44. The first-order valence-electron chi connectivity index (χ1n) is 5.09. The minimum atomic E-state index is -0.493. The molecule has 0 saturated carbocycles. The third kappa shape index (κ3) is 3.51. The molecule has 1 aromatic rings. The van der Waals surface area contributed by atoms with Crippen LogP contribution in [0.1, 0.15) is 13.3 Å². The van der Waals surface area contributed by atoms with E-state index in [1.807, 2.05) is 0 Å². The Labute approximate surface area is 93.6 Å². The topological polar surface area (TPSA) is 64.3 Å². The highest BCUT2D eigenvalue weighted by Crippen LogP contribution is 2.21. The van der Waals surface area contributed by atoms with Crippen LogP contribution >= 0.6 is 0 Å². The molecular formula is C11H15FN2O2. The Morgan fingerprint density at radius 2 is 2.31 bits per heavy atom. The van der Waals surface area contributed by atoms with Crippen LogP contribution in [0.15, 0.2) is 18.2 Å². The summed E-state index contributed by atoms with van der Waals surface area (Å²) < 4.78 is 18.4. The van der Waals surface area contributed by atoms with Crippen molar-refractivity contribution in [2.75, 3.05) is 18.5 Å². The fourth-order valence-corrected chi connectivity index (χ4v) is 1.21. The summed E-state index contributed by atoms with van der Waals surface area (Å²) in [7, 11) is 0. The quantitative estimate of drug-likeness (QED) is 0.799. The molecule has 0 heterocycles. The Kier molecular flexibility index (Phi) is 4.72. The Balaban J connectivity index is 2.69. The number of anilines is 1. The van der Waals surface area contributed by atoms with Crippen molar-refractivity contribution in [2.45, 2.75) is 13.3 Å². The Hall–Kier alpha value is -1.62. The van der Waals surface area contributed by atoms with Crippen LogP contribution in [-0.4, -0.2) is 19.1 Å². The molecule has 1 rings (SSSR count). The molecule has 88 valence electrons. The largest absolute Gasteiger partial charge is 0.491 e. The number of carbonyl (C=O) groups excluding carboxylic acids is 1. The summed E-state index contributed by atoms with van der Waals surface area (Å²) in [5.41, 5.74) is 5.62. The number of carbonyl (C=O) groups is 1. The molecule has 0 bridgehead atoms. The SMILES string of the molecule is CCOc1ccc(NC(=O)CCN)cc1F. The van der Waals surface area contributed by atoms with Gasteiger partial charge in [-0.2, -0.15) is 0 Å². The zero-order valence-electron chi connectivity index (χ0n) is 9.13. The maximum absolute atomic E-state index is 13.4. The first kappa shape index (κ1) is 12.4. The van der Waals surface area contributed by atoms with Gasteiger partial charge in [0.05, 0.1) is 6.61 Å². The molecule has 0 aliphatic rings. The van der Waals surface area contributed by atoms with Gasteiger partial charge in [-0.3, -0.25) is 4.79 Å². The van der Waals surface area contributed by atoms with Crippen LogP contribution in [0.5, 0.6) is 5.75 Å². The van der Waals surface area contributed by atoms with E-state index in [0.29, 0.717) is 12.3 Å². The second kappa shape index (κ2) is 6.07. The van der Waals surface area contributed by atoms with E-state index in [2.05, 4.69) is 5.32 Å². The molecule has 0 atom stereocenters. The van der Waals surface area contributed by atoms with Crippen molar-refractivity contribution in [1.82, 2.24) is 0 Å². The minimum absolute atomic E-state index is 0.180. The molecule has 1 amide bonds. The monoisotopic (exact) mass is 226 g/mol. The third-order valence-corrected chi connectivity index (χ3v) is 1.89. The zero-order chi connectivity index (χ0) is 12.0. The second-order valence-corrected chi connectivity index (χ2v) is 3.17. The van der Waals surface area contributed by atoms with Crippen molar-refractivity contribution in [1.29, 1.82) is 0 Å². The van der Waals surface area contributed by atoms with Crippen LogP contribution in [0.2, 0.25) is 0 Å². The minimum Gasteiger partial charge on any atom is -0.491 e. The van der Waals surface area contributed by atoms with Gasteiger partial charge < -0.3 is 15.8 Å². The molecule has 0 radical (unpaired) electrons. The van der Waals surface area contributed by atoms with Crippen LogP contribution in [0.3, 0.4) is 0 Å². The molecule has 0 fully saturated rings. The first-order chi connectivity index (χ1) is 7.67. The average molecular weight is 226 g/mol. The number of nitrogens with one attached hydrogen (secondary N) is 1. The summed E-state index contributed by atoms with van der Waals surface area (Å²) in [6, 6.07) is 4.29. The summed E-state index contributed by atoms with van der Waals surface area (Å²) in [5, 5.41) is 2.54. The fraction of sp³-hybridized carbons (Fsp3) is 0.364. The van der Waals surface area contributed by atoms with Crippen molar-refractivity contribution >= 4 is 11.6 Å². The van der Waals surface area contributed by atoms with E-state index in [4.69, 9.17) is 10.5 Å². The van der Waals surface area contributed by atoms with E-state index in [1.165, 1.54) is 12.1 Å². The summed E-state index contributed by atoms with van der Waals surface area (Å²) in [6.07, 6.45) is 0.217. The van der Waals surface area contributed by atoms with Crippen LogP contribution in [0, 0.1) is 5.82 Å². The maximum Gasteiger partial charge on any atom is 0.225 e. The van der Waals surface area contributed by atoms with Gasteiger partial charge in [0.15, 0.2) is 11.6 Å². The van der Waals surface area contributed by atoms with Gasteiger partial charge >= 0.3 is 0 Å². The number of rotatable bonds is 5. The molecule has 4 nitrogen and oxygen atoms in total. The molecule has 0 aliphatic heterocycles. The van der Waals surface area contributed by atoms with Crippen molar-refractivity contribution in [3.05, 3.63) is 24.0 Å². The Bertz CT molecular complexity index is 369. The molecular weight excluding hydrogens is 211 g/mol. The van der Waals surface area contributed by atoms with E-state index in [0.717, 1.165) is 0 Å². The van der Waals surface area contributed by atoms with Gasteiger partial charge in [0.2, 0.25) is 5.91 Å². The lowest BCUT2D eigenvalue weighted by Crippen LogP contribution is -2.16. The molecule has 0 spiro atoms. The molecule has 16 heavy (non-hydrogen) atoms. The highest BCUT2D eigenvalue weighted by molar-refractivity contribution is 5.90. The predicted octanol–water partition coefficient (Wildman–Crippen LogP) is 1.51. The number of benzene rings is 1. The number of halogens is 1. The van der Waals surface area contributed by atoms with Crippen molar-refractivity contribution < 1.29 is 13.9 Å². The fourth-order valence-electron chi connectivity index (χ4n) is 1.21. The van der Waals surface area contributed by atoms with Crippen molar-refractivity contribution in [3.8, 4) is 5.75 Å². The second-order valence-electron chi connectivity index (χ2n) is 3.17. The lowest BCUT2D eigenvalue weighted by Gasteiger charge is -2.07. The van der Waals surface area contributed by atoms with Crippen LogP contribution < -0.4 is 15.8 Å². The van der Waals surface area contributed by atoms with Gasteiger partial charge in [0, 0.05) is 24.7 Å². The number of hydrogen-bond acceptors (Lipinski definition) is 3. The van der Waals surface area contributed by atoms with Crippen molar-refractivity contribution in [2.24, 2.45) is 5.73 Å². The molecule has 5 heteroatoms. The smallest absolute Gasteiger partial charge is 0.225 e. The molecule has 0 saturated heterocycles. The lowest BCUT2D eigenvalue weighted by molar-refractivity contribution is -0.116. The van der Waals surface area contributed by atoms with E-state index in [1.54, 1.807) is 13.0 Å². The van der Waals surface area contributed by atoms with Gasteiger partial charge in [-0.25, -0.2) is 4.39 Å². The van der Waals surface area contributed by atoms with Crippen LogP contribution in [-0.2, 0) is 4.79 Å². The van der Waals surface area contributed by atoms with Crippen LogP contribution in [0.4, 0.5) is 10.1 Å². The Morgan fingerprint density at radius 3 is 2.88 bits per heavy atom. The van der Waals surface area contributed by atoms with Gasteiger partial charge in [-0.1, -0.05) is 0 Å². The number of nitrogens with two attached hydrogens (primary N) is 1. The zero-order valence-corrected chi connectivity index (χ0v) is 9.13. The molecule has 0 unspecified atom stereocenters. The van der Waals surface area contributed by atoms with E-state index in [9.17, 15) is 9.18 Å². The lowest BCUT2D eigenvalue weighted by atomic mass is 10.2. The molecule has 1 aromatic carbocycles. The van der Waals surface area contributed by atoms with E-state index >= 15 is 0 Å². The molecule has 0 aromatic heterocycles. The summed E-state index contributed by atoms with van der Waals surface area (Å²) in [5.74, 6) is -0.544. The van der Waals surface area contributed by atoms with E-state index < -0.39 is 5.82 Å². The number of amides is 1. The normalized spacial score (nSPS) is 9.94. The summed E-state index contributed by atoms with van der Waals surface area (Å²) >= 11 is 0. The number of ether oxygens (including phenoxy) is 1. The summed E-state index contributed by atoms with van der Waals surface area (Å²) in [4.78, 5) is 11.2. The van der Waals surface area contributed by atoms with Crippen molar-refractivity contribution in [3.63, 3.8) is 0 Å². The highest BCUT2D eigenvalue weighted by Gasteiger charge is 2.06. The van der Waals surface area contributed by atoms with Gasteiger partial charge in [-0.15, -0.1) is 0 Å². The average Bonchev–Trinajstić information content (AvgIpc) is 2.22.